The van der Waals surface area contributed by atoms with Gasteiger partial charge in [0, 0.05) is 26.7 Å². The first kappa shape index (κ1) is 93.9. The molecule has 5 fully saturated rings. The second-order valence-corrected chi connectivity index (χ2v) is 28.9. The number of rotatable bonds is 51. The van der Waals surface area contributed by atoms with Crippen molar-refractivity contribution in [2.75, 3.05) is 39.6 Å². The van der Waals surface area contributed by atoms with E-state index in [1.807, 2.05) is 6.08 Å². The lowest BCUT2D eigenvalue weighted by atomic mass is 9.88. The van der Waals surface area contributed by atoms with E-state index in [0.29, 0.717) is 12.8 Å². The number of carbonyl (C=O) groups is 4. The van der Waals surface area contributed by atoms with Crippen LogP contribution in [0.4, 0.5) is 0 Å². The predicted octanol–water partition coefficient (Wildman–Crippen LogP) is -1.27. The van der Waals surface area contributed by atoms with Crippen molar-refractivity contribution in [2.45, 2.75) is 372 Å². The molecule has 0 aromatic heterocycles. The highest BCUT2D eigenvalue weighted by Crippen LogP contribution is 2.41. The Bertz CT molecular complexity index is 2550. The quantitative estimate of drug-likeness (QED) is 0.0249. The maximum absolute atomic E-state index is 13.8. The topological polar surface area (TPSA) is 541 Å². The number of ether oxygens (including phenoxy) is 10. The summed E-state index contributed by atoms with van der Waals surface area (Å²) in [5, 5.41) is 197. The Kier molecular flexibility index (Phi) is 43.7. The average Bonchev–Trinajstić information content (AvgIpc) is 0.754. The van der Waals surface area contributed by atoms with Crippen LogP contribution in [-0.4, -0.2) is 321 Å². The first-order valence-corrected chi connectivity index (χ1v) is 38.7. The number of amides is 3. The lowest BCUT2D eigenvalue weighted by molar-refractivity contribution is -0.403. The third-order valence-electron chi connectivity index (χ3n) is 20.2. The van der Waals surface area contributed by atoms with E-state index in [2.05, 4.69) is 41.9 Å². The minimum absolute atomic E-state index is 0.121. The molecule has 0 aromatic rings. The van der Waals surface area contributed by atoms with Crippen LogP contribution in [0.2, 0.25) is 0 Å². The van der Waals surface area contributed by atoms with Crippen molar-refractivity contribution in [3.63, 3.8) is 0 Å². The maximum Gasteiger partial charge on any atom is 0.364 e. The van der Waals surface area contributed by atoms with Gasteiger partial charge in [0.1, 0.15) is 116 Å². The smallest absolute Gasteiger partial charge is 0.364 e. The normalized spacial score (nSPS) is 34.7. The molecule has 5 rings (SSSR count). The number of hydrogen-bond donors (Lipinski definition) is 20. The lowest BCUT2D eigenvalue weighted by Crippen LogP contribution is -2.72. The van der Waals surface area contributed by atoms with Gasteiger partial charge in [-0.15, -0.1) is 0 Å². The van der Waals surface area contributed by atoms with Crippen molar-refractivity contribution in [2.24, 2.45) is 0 Å². The standard InChI is InChI=1S/C73H129N3O31/c1-5-7-9-11-13-15-17-19-20-22-24-26-28-30-32-34-52(87)76-44(45(84)33-31-29-27-25-23-21-18-16-14-12-10-8-6-2)41-98-69-61(94)59(92)63(50(39-80)101-69)103-71-62(95)67(107-73(72(96)97)35-46(85)53(74-42(3)82)66(106-73)55(88)47(86)36-77)64(51(40-81)102-71)104-68-54(75-43(4)83)65(57(90)49(38-79)99-68)105-70-60(93)58(91)56(89)48(37-78)100-70/h19-20,31,33,44-51,53-71,77-81,84-86,88-95H,5-18,21-30,32,34-41H2,1-4H3,(H,74,82)(H,75,83)(H,76,87)(H,96,97)/b20-19-,33-31+/t44-,45+,46-,47+,48+,49+,50+,51+,53+,54+,55-,56-,57-,58-,59+,60+,61+,62+,63+,64-,65+,66-,67+,68-,69+,70-,71-,73-/m0/s1. The Morgan fingerprint density at radius 1 is 0.486 bits per heavy atom. The van der Waals surface area contributed by atoms with E-state index < -0.39 is 241 Å². The highest BCUT2D eigenvalue weighted by Gasteiger charge is 2.62. The van der Waals surface area contributed by atoms with Gasteiger partial charge in [0.05, 0.1) is 63.9 Å². The summed E-state index contributed by atoms with van der Waals surface area (Å²) < 4.78 is 60.1. The number of hydrogen-bond acceptors (Lipinski definition) is 30. The van der Waals surface area contributed by atoms with Crippen molar-refractivity contribution in [3.05, 3.63) is 24.3 Å². The fraction of sp³-hybridized carbons (Fsp3) is 0.890. The molecule has 34 nitrogen and oxygen atoms in total. The number of carbonyl (C=O) groups excluding carboxylic acids is 3. The monoisotopic (exact) mass is 1540 g/mol. The van der Waals surface area contributed by atoms with E-state index in [9.17, 15) is 106 Å². The molecule has 20 N–H and O–H groups in total. The molecule has 5 saturated heterocycles. The number of carboxylic acids is 1. The highest BCUT2D eigenvalue weighted by molar-refractivity contribution is 5.77. The first-order chi connectivity index (χ1) is 51.3. The number of unbranched alkanes of at least 4 members (excludes halogenated alkanes) is 22. The summed E-state index contributed by atoms with van der Waals surface area (Å²) in [4.78, 5) is 53.0. The van der Waals surface area contributed by atoms with Crippen LogP contribution in [-0.2, 0) is 66.5 Å². The number of aliphatic hydroxyl groups excluding tert-OH is 16. The van der Waals surface area contributed by atoms with Gasteiger partial charge in [0.25, 0.3) is 5.79 Å². The van der Waals surface area contributed by atoms with Crippen LogP contribution in [0, 0.1) is 0 Å². The van der Waals surface area contributed by atoms with Gasteiger partial charge in [0.15, 0.2) is 25.2 Å². The second kappa shape index (κ2) is 49.7. The number of allylic oxidation sites excluding steroid dienone is 3. The van der Waals surface area contributed by atoms with Crippen LogP contribution >= 0.6 is 0 Å². The Morgan fingerprint density at radius 3 is 1.47 bits per heavy atom. The minimum Gasteiger partial charge on any atom is -0.477 e. The number of aliphatic hydroxyl groups is 16. The zero-order chi connectivity index (χ0) is 78.8. The van der Waals surface area contributed by atoms with Gasteiger partial charge < -0.3 is 150 Å². The number of aliphatic carboxylic acids is 1. The van der Waals surface area contributed by atoms with Crippen LogP contribution < -0.4 is 16.0 Å². The molecule has 107 heavy (non-hydrogen) atoms. The molecule has 5 aliphatic heterocycles. The summed E-state index contributed by atoms with van der Waals surface area (Å²) in [5.74, 6) is -7.72. The third-order valence-corrected chi connectivity index (χ3v) is 20.2. The molecule has 0 radical (unpaired) electrons. The van der Waals surface area contributed by atoms with Gasteiger partial charge in [-0.05, 0) is 44.9 Å². The van der Waals surface area contributed by atoms with E-state index in [1.54, 1.807) is 0 Å². The van der Waals surface area contributed by atoms with Crippen LogP contribution in [0.5, 0.6) is 0 Å². The van der Waals surface area contributed by atoms with Gasteiger partial charge >= 0.3 is 5.97 Å². The van der Waals surface area contributed by atoms with Crippen molar-refractivity contribution in [1.29, 1.82) is 0 Å². The Hall–Kier alpha value is -3.68. The molecule has 28 atom stereocenters. The average molecular weight is 1540 g/mol. The van der Waals surface area contributed by atoms with E-state index in [1.165, 1.54) is 89.5 Å². The molecule has 0 aromatic carbocycles. The molecule has 3 amide bonds. The third kappa shape index (κ3) is 29.0. The molecule has 5 aliphatic rings. The molecule has 34 heteroatoms. The SMILES string of the molecule is CCCCCCCC/C=C\CCCCCCCC(=O)N[C@@H](CO[C@@H]1O[C@H](CO)[C@@H](O[C@@H]2O[C@H](CO)[C@H](O[C@@H]3O[C@H](CO)[C@H](O)[C@H](O[C@@H]4O[C@H](CO)[C@H](O)[C@H](O)[C@H]4O)[C@H]3NC(C)=O)[C@H](O[C@]3(C(=O)O)C[C@H](O)[C@@H](NC(C)=O)[C@@H]([C@@H](O)[C@H](O)CO)O3)[C@H]2O)[C@H](O)[C@H]1O)[C@H](O)/C=C/CCCCCCCCCCCCC. The molecule has 5 heterocycles. The van der Waals surface area contributed by atoms with E-state index in [-0.39, 0.29) is 6.42 Å². The van der Waals surface area contributed by atoms with E-state index >= 15 is 0 Å². The Balaban J connectivity index is 1.40. The molecule has 0 bridgehead atoms. The largest absolute Gasteiger partial charge is 0.477 e. The van der Waals surface area contributed by atoms with Crippen LogP contribution in [0.3, 0.4) is 0 Å². The number of carboxylic acid groups (broad SMARTS) is 1. The minimum atomic E-state index is -3.38. The highest BCUT2D eigenvalue weighted by atomic mass is 16.8. The molecule has 0 unspecified atom stereocenters. The molecule has 0 aliphatic carbocycles. The fourth-order valence-electron chi connectivity index (χ4n) is 14.0. The Labute approximate surface area is 627 Å². The van der Waals surface area contributed by atoms with Crippen LogP contribution in [0.15, 0.2) is 24.3 Å². The summed E-state index contributed by atoms with van der Waals surface area (Å²) in [6.45, 7) is 0.287. The lowest BCUT2D eigenvalue weighted by Gasteiger charge is -2.52. The number of nitrogens with one attached hydrogen (secondary N) is 3. The molecule has 0 saturated carbocycles. The summed E-state index contributed by atoms with van der Waals surface area (Å²) in [5.41, 5.74) is 0. The summed E-state index contributed by atoms with van der Waals surface area (Å²) >= 11 is 0. The second-order valence-electron chi connectivity index (χ2n) is 28.9. The van der Waals surface area contributed by atoms with Gasteiger partial charge in [-0.2, -0.15) is 0 Å². The fourth-order valence-corrected chi connectivity index (χ4v) is 14.0. The van der Waals surface area contributed by atoms with E-state index in [4.69, 9.17) is 47.4 Å². The van der Waals surface area contributed by atoms with Crippen molar-refractivity contribution >= 4 is 23.7 Å². The zero-order valence-electron chi connectivity index (χ0n) is 62.6. The summed E-state index contributed by atoms with van der Waals surface area (Å²) in [7, 11) is 0. The summed E-state index contributed by atoms with van der Waals surface area (Å²) in [6, 6.07) is -4.82. The first-order valence-electron chi connectivity index (χ1n) is 38.7. The van der Waals surface area contributed by atoms with Crippen LogP contribution in [0.25, 0.3) is 0 Å². The Morgan fingerprint density at radius 2 is 0.935 bits per heavy atom. The molecule has 622 valence electrons. The molecular formula is C73H129N3O31. The molecular weight excluding hydrogens is 1410 g/mol. The van der Waals surface area contributed by atoms with Crippen LogP contribution in [0.1, 0.15) is 201 Å². The van der Waals surface area contributed by atoms with Crippen molar-refractivity contribution in [1.82, 2.24) is 16.0 Å². The van der Waals surface area contributed by atoms with Crippen molar-refractivity contribution < 1.29 is 153 Å². The van der Waals surface area contributed by atoms with Gasteiger partial charge in [-0.1, -0.05) is 154 Å². The van der Waals surface area contributed by atoms with Gasteiger partial charge in [0.2, 0.25) is 17.7 Å². The van der Waals surface area contributed by atoms with Gasteiger partial charge in [-0.25, -0.2) is 4.79 Å². The van der Waals surface area contributed by atoms with E-state index in [0.717, 1.165) is 78.1 Å². The van der Waals surface area contributed by atoms with Gasteiger partial charge in [-0.3, -0.25) is 14.4 Å². The maximum atomic E-state index is 13.8. The predicted molar refractivity (Wildman–Crippen MR) is 378 cm³/mol. The zero-order valence-corrected chi connectivity index (χ0v) is 62.6. The molecule has 0 spiro atoms. The summed E-state index contributed by atoms with van der Waals surface area (Å²) in [6.07, 6.45) is -15.6. The van der Waals surface area contributed by atoms with Crippen molar-refractivity contribution in [3.8, 4) is 0 Å².